The zero-order valence-electron chi connectivity index (χ0n) is 10.4. The highest BCUT2D eigenvalue weighted by Gasteiger charge is 2.40. The van der Waals surface area contributed by atoms with E-state index in [-0.39, 0.29) is 16.3 Å². The third kappa shape index (κ3) is 5.20. The zero-order valence-corrected chi connectivity index (χ0v) is 12.3. The number of anilines is 1. The van der Waals surface area contributed by atoms with Gasteiger partial charge in [0.25, 0.3) is 0 Å². The molecule has 110 valence electrons. The normalized spacial score (nSPS) is 15.7. The number of nitrogens with one attached hydrogen (secondary N) is 1. The molecule has 1 saturated carbocycles. The van der Waals surface area contributed by atoms with E-state index in [2.05, 4.69) is 20.4 Å². The molecule has 0 spiro atoms. The lowest BCUT2D eigenvalue weighted by Crippen LogP contribution is -2.20. The molecular weight excluding hydrogens is 310 g/mol. The Morgan fingerprint density at radius 3 is 2.40 bits per heavy atom. The minimum absolute atomic E-state index is 0.136. The van der Waals surface area contributed by atoms with Gasteiger partial charge in [-0.3, -0.25) is 0 Å². The van der Waals surface area contributed by atoms with Crippen LogP contribution in [0.1, 0.15) is 24.5 Å². The topological polar surface area (TPSA) is 32.3 Å². The van der Waals surface area contributed by atoms with Crippen molar-refractivity contribution in [1.29, 1.82) is 0 Å². The lowest BCUT2D eigenvalue weighted by atomic mass is 10.1. The van der Waals surface area contributed by atoms with Gasteiger partial charge in [-0.05, 0) is 40.4 Å². The Morgan fingerprint density at radius 2 is 2.05 bits per heavy atom. The Morgan fingerprint density at radius 1 is 1.45 bits per heavy atom. The van der Waals surface area contributed by atoms with E-state index in [1.54, 1.807) is 0 Å². The molecule has 2 rings (SSSR count). The fraction of sp³-hybridized carbons (Fsp3) is 0.385. The number of terminal acetylenes is 1. The van der Waals surface area contributed by atoms with Crippen LogP contribution in [0.4, 0.5) is 18.9 Å². The molecule has 0 bridgehead atoms. The number of aliphatic hydroxyl groups excluding tert-OH is 1. The van der Waals surface area contributed by atoms with Gasteiger partial charge in [-0.25, -0.2) is 0 Å². The minimum Gasteiger partial charge on any atom is -0.379 e. The van der Waals surface area contributed by atoms with Crippen LogP contribution in [0.25, 0.3) is 0 Å². The number of benzene rings is 1. The van der Waals surface area contributed by atoms with Crippen LogP contribution in [0.2, 0.25) is 5.02 Å². The van der Waals surface area contributed by atoms with Crippen molar-refractivity contribution in [2.45, 2.75) is 25.1 Å². The Bertz CT molecular complexity index is 497. The molecule has 1 aliphatic carbocycles. The minimum atomic E-state index is -4.71. The number of hydrogen-bond donors (Lipinski definition) is 2. The van der Waals surface area contributed by atoms with Gasteiger partial charge in [-0.2, -0.15) is 13.2 Å². The predicted molar refractivity (Wildman–Crippen MR) is 77.4 cm³/mol. The SMILES string of the molecule is C#CC1CC1.OC(c1cc(Cl)ccc1NP)C(F)(F)F. The van der Waals surface area contributed by atoms with E-state index < -0.39 is 12.3 Å². The van der Waals surface area contributed by atoms with Crippen LogP contribution in [0.3, 0.4) is 0 Å². The summed E-state index contributed by atoms with van der Waals surface area (Å²) in [4.78, 5) is 0. The highest BCUT2D eigenvalue weighted by molar-refractivity contribution is 7.18. The van der Waals surface area contributed by atoms with Gasteiger partial charge in [0.15, 0.2) is 6.10 Å². The van der Waals surface area contributed by atoms with Crippen molar-refractivity contribution in [3.8, 4) is 12.3 Å². The molecule has 2 atom stereocenters. The maximum absolute atomic E-state index is 12.3. The zero-order chi connectivity index (χ0) is 15.3. The van der Waals surface area contributed by atoms with Crippen molar-refractivity contribution in [3.63, 3.8) is 0 Å². The average Bonchev–Trinajstić information content (AvgIpc) is 3.21. The Labute approximate surface area is 123 Å². The van der Waals surface area contributed by atoms with Crippen molar-refractivity contribution >= 4 is 26.7 Å². The average molecular weight is 324 g/mol. The van der Waals surface area contributed by atoms with Gasteiger partial charge in [0.05, 0.1) is 0 Å². The molecule has 1 fully saturated rings. The van der Waals surface area contributed by atoms with Gasteiger partial charge < -0.3 is 10.2 Å². The van der Waals surface area contributed by atoms with Crippen LogP contribution in [0.5, 0.6) is 0 Å². The van der Waals surface area contributed by atoms with E-state index in [1.807, 2.05) is 0 Å². The lowest BCUT2D eigenvalue weighted by Gasteiger charge is -2.18. The van der Waals surface area contributed by atoms with Crippen LogP contribution in [-0.2, 0) is 0 Å². The largest absolute Gasteiger partial charge is 0.418 e. The highest BCUT2D eigenvalue weighted by atomic mass is 35.5. The standard InChI is InChI=1S/C8H8ClF3NOP.C5H6/c9-4-1-2-6(13-15)5(3-4)7(14)8(10,11)12;1-2-5-3-4-5/h1-3,7,13-14H,15H2;1,5H,3-4H2. The van der Waals surface area contributed by atoms with Crippen LogP contribution in [-0.4, -0.2) is 11.3 Å². The highest BCUT2D eigenvalue weighted by Crippen LogP contribution is 2.37. The van der Waals surface area contributed by atoms with E-state index >= 15 is 0 Å². The molecule has 0 aliphatic heterocycles. The van der Waals surface area contributed by atoms with E-state index in [0.29, 0.717) is 5.92 Å². The van der Waals surface area contributed by atoms with Crippen molar-refractivity contribution in [3.05, 3.63) is 28.8 Å². The molecule has 2 nitrogen and oxygen atoms in total. The van der Waals surface area contributed by atoms with E-state index in [4.69, 9.17) is 23.1 Å². The summed E-state index contributed by atoms with van der Waals surface area (Å²) in [5.74, 6) is 3.30. The molecule has 2 unspecified atom stereocenters. The second kappa shape index (κ2) is 7.17. The van der Waals surface area contributed by atoms with Crippen LogP contribution >= 0.6 is 21.0 Å². The van der Waals surface area contributed by atoms with Crippen LogP contribution in [0.15, 0.2) is 18.2 Å². The molecule has 1 aromatic carbocycles. The molecule has 1 aromatic rings. The van der Waals surface area contributed by atoms with E-state index in [9.17, 15) is 13.2 Å². The summed E-state index contributed by atoms with van der Waals surface area (Å²) in [5, 5.41) is 11.7. The molecule has 2 N–H and O–H groups in total. The number of halogens is 4. The Hall–Kier alpha value is -0.950. The van der Waals surface area contributed by atoms with Crippen molar-refractivity contribution in [1.82, 2.24) is 0 Å². The first-order chi connectivity index (χ1) is 9.29. The third-order valence-electron chi connectivity index (χ3n) is 2.59. The van der Waals surface area contributed by atoms with Crippen molar-refractivity contribution < 1.29 is 18.3 Å². The summed E-state index contributed by atoms with van der Waals surface area (Å²) >= 11 is 5.55. The quantitative estimate of drug-likeness (QED) is 0.632. The van der Waals surface area contributed by atoms with E-state index in [0.717, 1.165) is 6.07 Å². The van der Waals surface area contributed by atoms with E-state index in [1.165, 1.54) is 25.0 Å². The summed E-state index contributed by atoms with van der Waals surface area (Å²) in [7, 11) is 2.06. The molecule has 0 saturated heterocycles. The first kappa shape index (κ1) is 17.1. The maximum atomic E-state index is 12.3. The Balaban J connectivity index is 0.000000333. The van der Waals surface area contributed by atoms with Gasteiger partial charge in [-0.1, -0.05) is 11.6 Å². The first-order valence-electron chi connectivity index (χ1n) is 5.76. The van der Waals surface area contributed by atoms with Gasteiger partial charge >= 0.3 is 6.18 Å². The molecule has 7 heteroatoms. The molecule has 0 aromatic heterocycles. The molecule has 0 radical (unpaired) electrons. The second-order valence-electron chi connectivity index (χ2n) is 4.26. The van der Waals surface area contributed by atoms with Crippen molar-refractivity contribution in [2.24, 2.45) is 5.92 Å². The molecule has 0 amide bonds. The van der Waals surface area contributed by atoms with Crippen LogP contribution in [0, 0.1) is 18.3 Å². The Kier molecular flexibility index (Phi) is 6.13. The summed E-state index contributed by atoms with van der Waals surface area (Å²) in [6, 6.07) is 3.87. The summed E-state index contributed by atoms with van der Waals surface area (Å²) in [6.45, 7) is 0. The monoisotopic (exact) mass is 323 g/mol. The van der Waals surface area contributed by atoms with Gasteiger partial charge in [-0.15, -0.1) is 12.3 Å². The van der Waals surface area contributed by atoms with Gasteiger partial charge in [0.1, 0.15) is 0 Å². The summed E-state index contributed by atoms with van der Waals surface area (Å²) in [5.41, 5.74) is -0.140. The fourth-order valence-corrected chi connectivity index (χ4v) is 1.76. The first-order valence-corrected chi connectivity index (χ1v) is 6.72. The molecule has 1 aliphatic rings. The molecule has 0 heterocycles. The van der Waals surface area contributed by atoms with Gasteiger partial charge in [0, 0.05) is 22.2 Å². The number of rotatable bonds is 2. The third-order valence-corrected chi connectivity index (χ3v) is 3.13. The molecule has 20 heavy (non-hydrogen) atoms. The predicted octanol–water partition coefficient (Wildman–Crippen LogP) is 4.17. The summed E-state index contributed by atoms with van der Waals surface area (Å²) in [6.07, 6.45) is 0.283. The second-order valence-corrected chi connectivity index (χ2v) is 4.99. The van der Waals surface area contributed by atoms with Crippen molar-refractivity contribution in [2.75, 3.05) is 5.09 Å². The number of alkyl halides is 3. The van der Waals surface area contributed by atoms with Crippen LogP contribution < -0.4 is 5.09 Å². The number of aliphatic hydroxyl groups is 1. The molecular formula is C13H14ClF3NOP. The fourth-order valence-electron chi connectivity index (χ4n) is 1.32. The lowest BCUT2D eigenvalue weighted by molar-refractivity contribution is -0.206. The maximum Gasteiger partial charge on any atom is 0.418 e. The van der Waals surface area contributed by atoms with Gasteiger partial charge in [0.2, 0.25) is 0 Å². The summed E-state index contributed by atoms with van der Waals surface area (Å²) < 4.78 is 36.8. The smallest absolute Gasteiger partial charge is 0.379 e. The number of hydrogen-bond acceptors (Lipinski definition) is 2.